The van der Waals surface area contributed by atoms with Gasteiger partial charge in [0.15, 0.2) is 0 Å². The lowest BCUT2D eigenvalue weighted by Crippen LogP contribution is -2.37. The van der Waals surface area contributed by atoms with Crippen molar-refractivity contribution in [3.8, 4) is 6.07 Å². The van der Waals surface area contributed by atoms with Gasteiger partial charge < -0.3 is 4.74 Å². The summed E-state index contributed by atoms with van der Waals surface area (Å²) >= 11 is 0. The van der Waals surface area contributed by atoms with Gasteiger partial charge in [-0.25, -0.2) is 14.2 Å². The summed E-state index contributed by atoms with van der Waals surface area (Å²) < 4.78 is 18.6. The van der Waals surface area contributed by atoms with E-state index in [2.05, 4.69) is 5.43 Å². The highest BCUT2D eigenvalue weighted by Gasteiger charge is 2.20. The quantitative estimate of drug-likeness (QED) is 0.835. The Bertz CT molecular complexity index is 518. The number of benzene rings is 1. The standard InChI is InChI=1S/C13H16FN3O2/c1-13(2,3)19-12(18)17(4)16-11-7-9(8-15)5-6-10(11)14/h5-7,16H,1-4H3. The molecule has 19 heavy (non-hydrogen) atoms. The number of nitriles is 1. The Kier molecular flexibility index (Phi) is 4.33. The summed E-state index contributed by atoms with van der Waals surface area (Å²) in [5, 5.41) is 9.76. The number of amides is 1. The second kappa shape index (κ2) is 5.57. The molecule has 0 fully saturated rings. The first-order chi connectivity index (χ1) is 8.73. The third-order valence-corrected chi connectivity index (χ3v) is 2.05. The van der Waals surface area contributed by atoms with Crippen LogP contribution in [0.4, 0.5) is 14.9 Å². The van der Waals surface area contributed by atoms with Gasteiger partial charge >= 0.3 is 6.09 Å². The van der Waals surface area contributed by atoms with Crippen LogP contribution in [0.1, 0.15) is 26.3 Å². The van der Waals surface area contributed by atoms with E-state index in [9.17, 15) is 9.18 Å². The van der Waals surface area contributed by atoms with Crippen LogP contribution in [0.25, 0.3) is 0 Å². The zero-order chi connectivity index (χ0) is 14.6. The van der Waals surface area contributed by atoms with Gasteiger partial charge in [0, 0.05) is 7.05 Å². The predicted octanol–water partition coefficient (Wildman–Crippen LogP) is 2.89. The number of nitrogens with zero attached hydrogens (tertiary/aromatic N) is 2. The van der Waals surface area contributed by atoms with Crippen LogP contribution in [0.3, 0.4) is 0 Å². The molecule has 0 aliphatic heterocycles. The van der Waals surface area contributed by atoms with Crippen LogP contribution in [0.15, 0.2) is 18.2 Å². The molecule has 0 saturated carbocycles. The number of anilines is 1. The third-order valence-electron chi connectivity index (χ3n) is 2.05. The summed E-state index contributed by atoms with van der Waals surface area (Å²) in [7, 11) is 1.41. The minimum absolute atomic E-state index is 0.0346. The first kappa shape index (κ1) is 14.8. The molecule has 102 valence electrons. The number of rotatable bonds is 2. The molecule has 0 unspecified atom stereocenters. The van der Waals surface area contributed by atoms with Crippen LogP contribution >= 0.6 is 0 Å². The molecule has 1 amide bonds. The van der Waals surface area contributed by atoms with Crippen molar-refractivity contribution in [3.05, 3.63) is 29.6 Å². The summed E-state index contributed by atoms with van der Waals surface area (Å²) in [6.07, 6.45) is -0.644. The van der Waals surface area contributed by atoms with E-state index in [0.29, 0.717) is 5.56 Å². The lowest BCUT2D eigenvalue weighted by Gasteiger charge is -2.25. The van der Waals surface area contributed by atoms with Crippen LogP contribution in [0, 0.1) is 17.1 Å². The van der Waals surface area contributed by atoms with Crippen molar-refractivity contribution in [2.45, 2.75) is 26.4 Å². The molecular formula is C13H16FN3O2. The van der Waals surface area contributed by atoms with Gasteiger partial charge in [0.1, 0.15) is 11.4 Å². The number of hydrazine groups is 1. The molecule has 5 nitrogen and oxygen atoms in total. The fourth-order valence-electron chi connectivity index (χ4n) is 1.24. The first-order valence-corrected chi connectivity index (χ1v) is 5.66. The first-order valence-electron chi connectivity index (χ1n) is 5.66. The molecule has 0 heterocycles. The zero-order valence-corrected chi connectivity index (χ0v) is 11.3. The van der Waals surface area contributed by atoms with Gasteiger partial charge in [0.05, 0.1) is 17.3 Å². The van der Waals surface area contributed by atoms with Gasteiger partial charge in [-0.1, -0.05) is 0 Å². The van der Waals surface area contributed by atoms with Crippen molar-refractivity contribution < 1.29 is 13.9 Å². The number of hydrogen-bond acceptors (Lipinski definition) is 4. The molecule has 0 bridgehead atoms. The highest BCUT2D eigenvalue weighted by Crippen LogP contribution is 2.17. The van der Waals surface area contributed by atoms with Crippen molar-refractivity contribution in [2.24, 2.45) is 0 Å². The van der Waals surface area contributed by atoms with Crippen molar-refractivity contribution in [3.63, 3.8) is 0 Å². The predicted molar refractivity (Wildman–Crippen MR) is 68.7 cm³/mol. The Labute approximate surface area is 111 Å². The fraction of sp³-hybridized carbons (Fsp3) is 0.385. The summed E-state index contributed by atoms with van der Waals surface area (Å²) in [4.78, 5) is 11.7. The monoisotopic (exact) mass is 265 g/mol. The lowest BCUT2D eigenvalue weighted by molar-refractivity contribution is 0.0338. The van der Waals surface area contributed by atoms with Crippen LogP contribution < -0.4 is 5.43 Å². The minimum Gasteiger partial charge on any atom is -0.442 e. The van der Waals surface area contributed by atoms with E-state index < -0.39 is 17.5 Å². The van der Waals surface area contributed by atoms with Crippen molar-refractivity contribution >= 4 is 11.8 Å². The number of carbonyl (C=O) groups excluding carboxylic acids is 1. The average molecular weight is 265 g/mol. The Hall–Kier alpha value is -2.29. The molecule has 0 aromatic heterocycles. The molecule has 0 aliphatic carbocycles. The molecule has 0 spiro atoms. The van der Waals surface area contributed by atoms with Gasteiger partial charge in [-0.05, 0) is 39.0 Å². The second-order valence-corrected chi connectivity index (χ2v) is 4.96. The number of carbonyl (C=O) groups is 1. The molecule has 1 aromatic rings. The lowest BCUT2D eigenvalue weighted by atomic mass is 10.2. The summed E-state index contributed by atoms with van der Waals surface area (Å²) in [6, 6.07) is 5.72. The SMILES string of the molecule is CN(Nc1cc(C#N)ccc1F)C(=O)OC(C)(C)C. The van der Waals surface area contributed by atoms with Crippen LogP contribution in [-0.4, -0.2) is 23.8 Å². The molecule has 0 atom stereocenters. The van der Waals surface area contributed by atoms with Crippen LogP contribution in [0.2, 0.25) is 0 Å². The van der Waals surface area contributed by atoms with Crippen molar-refractivity contribution in [1.29, 1.82) is 5.26 Å². The molecule has 1 N–H and O–H groups in total. The Morgan fingerprint density at radius 1 is 1.47 bits per heavy atom. The van der Waals surface area contributed by atoms with Crippen molar-refractivity contribution in [2.75, 3.05) is 12.5 Å². The highest BCUT2D eigenvalue weighted by molar-refractivity contribution is 5.70. The zero-order valence-electron chi connectivity index (χ0n) is 11.3. The normalized spacial score (nSPS) is 10.5. The van der Waals surface area contributed by atoms with Gasteiger partial charge in [-0.15, -0.1) is 0 Å². The number of nitrogens with one attached hydrogen (secondary N) is 1. The maximum Gasteiger partial charge on any atom is 0.428 e. The van der Waals surface area contributed by atoms with E-state index in [4.69, 9.17) is 10.00 Å². The average Bonchev–Trinajstić information content (AvgIpc) is 2.29. The summed E-state index contributed by atoms with van der Waals surface area (Å²) in [5.74, 6) is -0.561. The van der Waals surface area contributed by atoms with Crippen LogP contribution in [0.5, 0.6) is 0 Å². The van der Waals surface area contributed by atoms with E-state index in [1.54, 1.807) is 20.8 Å². The van der Waals surface area contributed by atoms with E-state index in [1.165, 1.54) is 19.2 Å². The number of halogens is 1. The van der Waals surface area contributed by atoms with E-state index in [-0.39, 0.29) is 5.69 Å². The Morgan fingerprint density at radius 3 is 2.63 bits per heavy atom. The van der Waals surface area contributed by atoms with Gasteiger partial charge in [0.25, 0.3) is 0 Å². The summed E-state index contributed by atoms with van der Waals surface area (Å²) in [6.45, 7) is 5.20. The minimum atomic E-state index is -0.644. The summed E-state index contributed by atoms with van der Waals surface area (Å²) in [5.41, 5.74) is 2.23. The molecule has 6 heteroatoms. The molecule has 1 rings (SSSR count). The topological polar surface area (TPSA) is 65.4 Å². The van der Waals surface area contributed by atoms with Gasteiger partial charge in [-0.2, -0.15) is 5.26 Å². The van der Waals surface area contributed by atoms with E-state index in [1.807, 2.05) is 6.07 Å². The number of ether oxygens (including phenoxy) is 1. The Balaban J connectivity index is 2.80. The Morgan fingerprint density at radius 2 is 2.11 bits per heavy atom. The highest BCUT2D eigenvalue weighted by atomic mass is 19.1. The van der Waals surface area contributed by atoms with E-state index >= 15 is 0 Å². The second-order valence-electron chi connectivity index (χ2n) is 4.96. The van der Waals surface area contributed by atoms with Gasteiger partial charge in [-0.3, -0.25) is 5.43 Å². The maximum absolute atomic E-state index is 13.5. The molecule has 0 saturated heterocycles. The molecule has 0 aliphatic rings. The largest absolute Gasteiger partial charge is 0.442 e. The number of hydrogen-bond donors (Lipinski definition) is 1. The van der Waals surface area contributed by atoms with Gasteiger partial charge in [0.2, 0.25) is 0 Å². The van der Waals surface area contributed by atoms with Crippen molar-refractivity contribution in [1.82, 2.24) is 5.01 Å². The maximum atomic E-state index is 13.5. The van der Waals surface area contributed by atoms with Crippen LogP contribution in [-0.2, 0) is 4.74 Å². The third kappa shape index (κ3) is 4.47. The smallest absolute Gasteiger partial charge is 0.428 e. The molecule has 0 radical (unpaired) electrons. The fourth-order valence-corrected chi connectivity index (χ4v) is 1.24. The molecular weight excluding hydrogens is 249 g/mol. The molecule has 1 aromatic carbocycles. The van der Waals surface area contributed by atoms with E-state index in [0.717, 1.165) is 11.1 Å².